The van der Waals surface area contributed by atoms with Crippen molar-refractivity contribution >= 4 is 40.1 Å². The molecule has 0 aromatic heterocycles. The van der Waals surface area contributed by atoms with E-state index in [2.05, 4.69) is 164 Å². The summed E-state index contributed by atoms with van der Waals surface area (Å²) in [5.74, 6) is 8.25. The van der Waals surface area contributed by atoms with Crippen LogP contribution < -0.4 is 0 Å². The summed E-state index contributed by atoms with van der Waals surface area (Å²) in [5, 5.41) is 7.32. The van der Waals surface area contributed by atoms with E-state index in [4.69, 9.17) is 33.3 Å². The molecule has 1 aromatic rings. The van der Waals surface area contributed by atoms with Gasteiger partial charge in [0.05, 0.1) is 57.0 Å². The number of rotatable bonds is 8. The highest BCUT2D eigenvalue weighted by molar-refractivity contribution is 7.48. The summed E-state index contributed by atoms with van der Waals surface area (Å²) in [6, 6.07) is 12.2. The van der Waals surface area contributed by atoms with Crippen LogP contribution in [-0.2, 0) is 42.4 Å². The van der Waals surface area contributed by atoms with Crippen LogP contribution in [0.5, 0.6) is 0 Å². The first-order valence-electron chi connectivity index (χ1n) is 30.0. The van der Waals surface area contributed by atoms with E-state index in [1.807, 2.05) is 33.8 Å². The van der Waals surface area contributed by atoms with Crippen molar-refractivity contribution in [3.05, 3.63) is 103 Å². The number of benzene rings is 1. The lowest BCUT2D eigenvalue weighted by atomic mass is 9.85. The molecule has 0 spiro atoms. The highest BCUT2D eigenvalue weighted by Gasteiger charge is 2.52. The van der Waals surface area contributed by atoms with Gasteiger partial charge in [-0.2, -0.15) is 5.26 Å². The highest BCUT2D eigenvalue weighted by Crippen LogP contribution is 2.59. The van der Waals surface area contributed by atoms with E-state index in [0.29, 0.717) is 49.1 Å². The number of carbonyl (C=O) groups is 3. The largest absolute Gasteiger partial charge is 0.469 e. The predicted molar refractivity (Wildman–Crippen MR) is 327 cm³/mol. The number of hydrogen-bond acceptors (Lipinski definition) is 12. The van der Waals surface area contributed by atoms with Crippen LogP contribution in [-0.4, -0.2) is 85.2 Å². The molecule has 13 atom stereocenters. The Labute approximate surface area is 490 Å². The van der Waals surface area contributed by atoms with Crippen LogP contribution in [0.4, 0.5) is 0 Å². The minimum absolute atomic E-state index is 0.0128. The second-order valence-corrected chi connectivity index (χ2v) is 29.8. The molecule has 446 valence electrons. The van der Waals surface area contributed by atoms with Gasteiger partial charge in [0.15, 0.2) is 0 Å². The predicted octanol–water partition coefficient (Wildman–Crippen LogP) is 14.6. The monoisotopic (exact) mass is 1130 g/mol. The minimum atomic E-state index is -0.757. The maximum absolute atomic E-state index is 11.9. The Morgan fingerprint density at radius 1 is 0.691 bits per heavy atom. The first-order valence-corrected chi connectivity index (χ1v) is 31.1. The quantitative estimate of drug-likeness (QED) is 0.0805. The van der Waals surface area contributed by atoms with Crippen molar-refractivity contribution in [2.45, 2.75) is 171 Å². The summed E-state index contributed by atoms with van der Waals surface area (Å²) in [6.07, 6.45) is 31.4. The van der Waals surface area contributed by atoms with E-state index in [9.17, 15) is 14.4 Å². The number of nitriles is 1. The minimum Gasteiger partial charge on any atom is -0.469 e. The fourth-order valence-electron chi connectivity index (χ4n) is 13.9. The summed E-state index contributed by atoms with van der Waals surface area (Å²) in [4.78, 5) is 34.7. The molecular formula is C67H101BN3O9P. The van der Waals surface area contributed by atoms with Crippen LogP contribution in [0.1, 0.15) is 154 Å². The number of carbonyl (C=O) groups excluding carboxylic acids is 3. The number of nitrogens with zero attached hydrogens (tertiary/aromatic N) is 3. The van der Waals surface area contributed by atoms with Crippen LogP contribution in [0.15, 0.2) is 97.4 Å². The molecule has 5 saturated carbocycles. The molecule has 6 fully saturated rings. The van der Waals surface area contributed by atoms with E-state index < -0.39 is 8.45 Å². The molecule has 14 heteroatoms. The Kier molecular flexibility index (Phi) is 22.3. The molecule has 10 aliphatic rings. The van der Waals surface area contributed by atoms with Crippen molar-refractivity contribution < 1.29 is 42.4 Å². The van der Waals surface area contributed by atoms with Crippen molar-refractivity contribution in [1.29, 1.82) is 5.26 Å². The number of allylic oxidation sites excluding steroid dienone is 7. The summed E-state index contributed by atoms with van der Waals surface area (Å²) in [6.45, 7) is 34.4. The van der Waals surface area contributed by atoms with Crippen molar-refractivity contribution in [1.82, 2.24) is 9.34 Å². The number of methoxy groups -OCH3 is 3. The van der Waals surface area contributed by atoms with E-state index in [1.54, 1.807) is 6.07 Å². The molecule has 12 nitrogen and oxygen atoms in total. The zero-order chi connectivity index (χ0) is 59.8. The maximum atomic E-state index is 11.9. The third kappa shape index (κ3) is 16.3. The van der Waals surface area contributed by atoms with Crippen molar-refractivity contribution in [2.75, 3.05) is 27.9 Å². The van der Waals surface area contributed by atoms with Gasteiger partial charge in [0.2, 0.25) is 8.45 Å². The molecule has 2 aliphatic heterocycles. The molecule has 8 aliphatic carbocycles. The van der Waals surface area contributed by atoms with Gasteiger partial charge in [-0.15, -0.1) is 6.58 Å². The van der Waals surface area contributed by atoms with Crippen LogP contribution in [0, 0.1) is 99.6 Å². The van der Waals surface area contributed by atoms with Gasteiger partial charge >= 0.3 is 25.6 Å². The van der Waals surface area contributed by atoms with Gasteiger partial charge in [-0.25, -0.2) is 4.79 Å². The lowest BCUT2D eigenvalue weighted by Gasteiger charge is -2.43. The molecule has 0 N–H and O–H groups in total. The van der Waals surface area contributed by atoms with Gasteiger partial charge in [-0.1, -0.05) is 99.7 Å². The normalized spacial score (nSPS) is 32.6. The van der Waals surface area contributed by atoms with E-state index in [0.717, 1.165) is 80.3 Å². The first-order chi connectivity index (χ1) is 38.0. The van der Waals surface area contributed by atoms with Crippen molar-refractivity contribution in [3.8, 4) is 6.07 Å². The zero-order valence-electron chi connectivity index (χ0n) is 52.5. The fraction of sp³-hybridized carbons (Fsp3) is 0.672. The summed E-state index contributed by atoms with van der Waals surface area (Å²) in [7, 11) is 4.13. The molecule has 1 saturated heterocycles. The molecule has 4 bridgehead atoms. The molecule has 13 unspecified atom stereocenters. The molecule has 1 aromatic carbocycles. The number of esters is 3. The average Bonchev–Trinajstić information content (AvgIpc) is 4.41. The van der Waals surface area contributed by atoms with E-state index >= 15 is 0 Å². The lowest BCUT2D eigenvalue weighted by Crippen LogP contribution is -2.41. The average molecular weight is 1130 g/mol. The van der Waals surface area contributed by atoms with Crippen LogP contribution in [0.25, 0.3) is 6.08 Å². The van der Waals surface area contributed by atoms with Gasteiger partial charge in [0, 0.05) is 36.0 Å². The number of ether oxygens (including phenoxy) is 3. The Hall–Kier alpha value is -4.47. The molecule has 0 radical (unpaired) electrons. The molecule has 11 rings (SSSR count). The Morgan fingerprint density at radius 2 is 1.15 bits per heavy atom. The highest BCUT2D eigenvalue weighted by atomic mass is 31.2. The van der Waals surface area contributed by atoms with E-state index in [1.165, 1.54) is 46.7 Å². The third-order valence-corrected chi connectivity index (χ3v) is 21.5. The summed E-state index contributed by atoms with van der Waals surface area (Å²) in [5.41, 5.74) is 2.24. The standard InChI is InChI=1S/C20H24O2.C15H31N2OP.C12H16O2.C12H14O2.C6H13BO2.C2H3N/c1-3-15-11-16(10-9-14-7-5-4-6-8-14)19-13-17(12-18(15)19)20(21)22-2;1-13(2,3)12-18-19-16(14(4,5)6)10-11-17(19)15(7,8)9;2*1-14-12(13)9-5-10-7-2-3-8(4-7)11(10)6-9;1-5(2)6(3,4)9-7-8-5;1-2-3/h3-10,15-19H,1,11-13H2,2H3;10-11H,12H2,1-9H3;2-3,7-11H,4-6H2,1H3;2-3,5,7-8,10-11H,4,6H2,1H3;7H,1-4H3;1H3/b10-9+;;;;;. The Morgan fingerprint density at radius 3 is 1.57 bits per heavy atom. The van der Waals surface area contributed by atoms with Gasteiger partial charge in [0.1, 0.15) is 0 Å². The van der Waals surface area contributed by atoms with Crippen LogP contribution in [0.2, 0.25) is 0 Å². The molecule has 81 heavy (non-hydrogen) atoms. The Bertz CT molecular complexity index is 2430. The fourth-order valence-corrected chi connectivity index (χ4v) is 16.3. The van der Waals surface area contributed by atoms with E-state index in [-0.39, 0.29) is 57.4 Å². The molecule has 0 amide bonds. The second kappa shape index (κ2) is 27.5. The summed E-state index contributed by atoms with van der Waals surface area (Å²) >= 11 is 0. The van der Waals surface area contributed by atoms with Gasteiger partial charge in [-0.05, 0) is 203 Å². The summed E-state index contributed by atoms with van der Waals surface area (Å²) < 4.78 is 36.2. The number of hydrogen-bond donors (Lipinski definition) is 0. The molecular weight excluding hydrogens is 1030 g/mol. The third-order valence-electron chi connectivity index (χ3n) is 18.9. The SMILES string of the molecule is C=CC1CC(/C=C/c2ccccc2)C2CC(C(=O)OC)CC12.CC#N.CC(C)(C)COP1N(C(C)(C)C)C=CN1C(C)(C)C.CC1(C)OBOC1(C)C.COC(=O)C1=CC2C3C=CC(C3)C2C1.COC(=O)C1CC2C3C=CC(C3)C2C1. The van der Waals surface area contributed by atoms with Gasteiger partial charge in [0.25, 0.3) is 0 Å². The van der Waals surface area contributed by atoms with Gasteiger partial charge < -0.3 is 37.4 Å². The maximum Gasteiger partial charge on any atom is 0.439 e. The molecule has 2 heterocycles. The van der Waals surface area contributed by atoms with Crippen LogP contribution >= 0.6 is 8.45 Å². The second-order valence-electron chi connectivity index (χ2n) is 28.2. The smallest absolute Gasteiger partial charge is 0.439 e. The number of fused-ring (bicyclic) bond motifs is 11. The zero-order valence-corrected chi connectivity index (χ0v) is 53.4. The van der Waals surface area contributed by atoms with Crippen LogP contribution in [0.3, 0.4) is 0 Å². The Balaban J connectivity index is 0.000000165. The van der Waals surface area contributed by atoms with Crippen molar-refractivity contribution in [2.24, 2.45) is 88.3 Å². The lowest BCUT2D eigenvalue weighted by molar-refractivity contribution is -0.146. The van der Waals surface area contributed by atoms with Crippen molar-refractivity contribution in [3.63, 3.8) is 0 Å². The topological polar surface area (TPSA) is 137 Å². The first kappa shape index (κ1) is 65.7. The van der Waals surface area contributed by atoms with Gasteiger partial charge in [-0.3, -0.25) is 9.59 Å².